The minimum Gasteiger partial charge on any atom is -0.357 e. The van der Waals surface area contributed by atoms with Crippen LogP contribution in [-0.4, -0.2) is 5.16 Å². The average Bonchev–Trinajstić information content (AvgIpc) is 2.15. The van der Waals surface area contributed by atoms with Gasteiger partial charge in [-0.25, -0.2) is 4.39 Å². The molecule has 2 nitrogen and oxygen atoms in total. The van der Waals surface area contributed by atoms with E-state index in [-0.39, 0.29) is 5.83 Å². The van der Waals surface area contributed by atoms with E-state index < -0.39 is 0 Å². The summed E-state index contributed by atoms with van der Waals surface area (Å²) in [6.07, 6.45) is 2.74. The van der Waals surface area contributed by atoms with Crippen molar-refractivity contribution in [3.05, 3.63) is 23.9 Å². The van der Waals surface area contributed by atoms with Gasteiger partial charge in [0.2, 0.25) is 0 Å². The molecule has 0 unspecified atom stereocenters. The minimum absolute atomic E-state index is 0.285. The van der Waals surface area contributed by atoms with Gasteiger partial charge in [-0.05, 0) is 6.92 Å². The molecule has 1 rings (SSSR count). The lowest BCUT2D eigenvalue weighted by Crippen LogP contribution is -1.62. The maximum absolute atomic E-state index is 12.0. The van der Waals surface area contributed by atoms with Crippen LogP contribution in [-0.2, 0) is 0 Å². The van der Waals surface area contributed by atoms with Crippen LogP contribution in [0.15, 0.2) is 22.6 Å². The average molecular weight is 127 g/mol. The molecule has 0 radical (unpaired) electrons. The molecular weight excluding hydrogens is 121 g/mol. The Morgan fingerprint density at radius 2 is 2.67 bits per heavy atom. The number of nitrogens with zero attached hydrogens (tertiary/aromatic N) is 1. The molecule has 0 spiro atoms. The van der Waals surface area contributed by atoms with Gasteiger partial charge in [0.05, 0.1) is 6.20 Å². The van der Waals surface area contributed by atoms with Gasteiger partial charge in [-0.1, -0.05) is 5.16 Å². The van der Waals surface area contributed by atoms with Crippen molar-refractivity contribution >= 4 is 6.08 Å². The smallest absolute Gasteiger partial charge is 0.162 e. The summed E-state index contributed by atoms with van der Waals surface area (Å²) in [7, 11) is 0. The van der Waals surface area contributed by atoms with E-state index in [0.29, 0.717) is 5.76 Å². The van der Waals surface area contributed by atoms with E-state index in [9.17, 15) is 4.39 Å². The molecule has 1 aromatic rings. The molecule has 1 aromatic heterocycles. The van der Waals surface area contributed by atoms with Gasteiger partial charge in [0, 0.05) is 12.1 Å². The van der Waals surface area contributed by atoms with Gasteiger partial charge in [0.25, 0.3) is 0 Å². The van der Waals surface area contributed by atoms with Crippen molar-refractivity contribution < 1.29 is 8.91 Å². The van der Waals surface area contributed by atoms with E-state index in [1.54, 1.807) is 6.07 Å². The molecule has 0 aliphatic carbocycles. The van der Waals surface area contributed by atoms with Crippen LogP contribution >= 0.6 is 0 Å². The Bertz CT molecular complexity index is 199. The standard InChI is InChI=1S/C6H6FNO/c1-5(7)4-6-2-3-8-9-6/h2-4H,1H3/b5-4+. The van der Waals surface area contributed by atoms with Crippen LogP contribution in [0, 0.1) is 0 Å². The maximum Gasteiger partial charge on any atom is 0.162 e. The van der Waals surface area contributed by atoms with Crippen LogP contribution in [0.25, 0.3) is 6.08 Å². The Morgan fingerprint density at radius 3 is 3.11 bits per heavy atom. The molecule has 0 saturated heterocycles. The Kier molecular flexibility index (Phi) is 1.63. The Labute approximate surface area is 52.0 Å². The van der Waals surface area contributed by atoms with Crippen LogP contribution in [0.1, 0.15) is 12.7 Å². The summed E-state index contributed by atoms with van der Waals surface area (Å²) in [5.41, 5.74) is 0. The zero-order valence-corrected chi connectivity index (χ0v) is 4.97. The number of hydrogen-bond donors (Lipinski definition) is 0. The molecule has 0 amide bonds. The Hall–Kier alpha value is -1.12. The Morgan fingerprint density at radius 1 is 1.89 bits per heavy atom. The number of halogens is 1. The maximum atomic E-state index is 12.0. The van der Waals surface area contributed by atoms with Crippen molar-refractivity contribution in [2.24, 2.45) is 0 Å². The van der Waals surface area contributed by atoms with Gasteiger partial charge in [0.1, 0.15) is 5.83 Å². The van der Waals surface area contributed by atoms with Gasteiger partial charge >= 0.3 is 0 Å². The van der Waals surface area contributed by atoms with Gasteiger partial charge < -0.3 is 4.52 Å². The zero-order valence-electron chi connectivity index (χ0n) is 4.97. The highest BCUT2D eigenvalue weighted by molar-refractivity contribution is 5.43. The van der Waals surface area contributed by atoms with Gasteiger partial charge in [-0.3, -0.25) is 0 Å². The molecule has 0 aliphatic heterocycles. The fourth-order valence-corrected chi connectivity index (χ4v) is 0.496. The third kappa shape index (κ3) is 1.68. The quantitative estimate of drug-likeness (QED) is 0.576. The lowest BCUT2D eigenvalue weighted by Gasteiger charge is -1.79. The summed E-state index contributed by atoms with van der Waals surface area (Å²) in [6.45, 7) is 1.35. The van der Waals surface area contributed by atoms with Crippen molar-refractivity contribution in [2.45, 2.75) is 6.92 Å². The predicted octanol–water partition coefficient (Wildman–Crippen LogP) is 2.00. The monoisotopic (exact) mass is 127 g/mol. The summed E-state index contributed by atoms with van der Waals surface area (Å²) < 4.78 is 16.6. The van der Waals surface area contributed by atoms with Crippen LogP contribution < -0.4 is 0 Å². The van der Waals surface area contributed by atoms with Crippen molar-refractivity contribution in [1.82, 2.24) is 5.16 Å². The number of rotatable bonds is 1. The van der Waals surface area contributed by atoms with E-state index in [0.717, 1.165) is 0 Å². The molecule has 0 aromatic carbocycles. The third-order valence-corrected chi connectivity index (χ3v) is 0.799. The second-order valence-corrected chi connectivity index (χ2v) is 1.65. The first kappa shape index (κ1) is 6.01. The molecule has 0 fully saturated rings. The SMILES string of the molecule is C/C(F)=C\c1ccno1. The number of allylic oxidation sites excluding steroid dienone is 1. The molecule has 0 saturated carbocycles. The van der Waals surface area contributed by atoms with E-state index >= 15 is 0 Å². The summed E-state index contributed by atoms with van der Waals surface area (Å²) in [6, 6.07) is 1.59. The van der Waals surface area contributed by atoms with Crippen LogP contribution in [0.5, 0.6) is 0 Å². The minimum atomic E-state index is -0.285. The first-order chi connectivity index (χ1) is 4.29. The van der Waals surface area contributed by atoms with Crippen molar-refractivity contribution in [3.8, 4) is 0 Å². The van der Waals surface area contributed by atoms with Crippen LogP contribution in [0.4, 0.5) is 4.39 Å². The third-order valence-electron chi connectivity index (χ3n) is 0.799. The Balaban J connectivity index is 2.80. The molecular formula is C6H6FNO. The normalized spacial score (nSPS) is 12.0. The van der Waals surface area contributed by atoms with E-state index in [1.807, 2.05) is 0 Å². The fraction of sp³-hybridized carbons (Fsp3) is 0.167. The molecule has 1 heterocycles. The lowest BCUT2D eigenvalue weighted by molar-refractivity contribution is 0.411. The highest BCUT2D eigenvalue weighted by Gasteiger charge is 1.90. The van der Waals surface area contributed by atoms with Crippen molar-refractivity contribution in [2.75, 3.05) is 0 Å². The van der Waals surface area contributed by atoms with E-state index in [4.69, 9.17) is 0 Å². The predicted molar refractivity (Wildman–Crippen MR) is 31.3 cm³/mol. The van der Waals surface area contributed by atoms with Gasteiger partial charge in [-0.2, -0.15) is 0 Å². The molecule has 3 heteroatoms. The molecule has 0 N–H and O–H groups in total. The van der Waals surface area contributed by atoms with E-state index in [1.165, 1.54) is 19.2 Å². The second kappa shape index (κ2) is 2.44. The highest BCUT2D eigenvalue weighted by atomic mass is 19.1. The van der Waals surface area contributed by atoms with Crippen LogP contribution in [0.2, 0.25) is 0 Å². The fourth-order valence-electron chi connectivity index (χ4n) is 0.496. The first-order valence-electron chi connectivity index (χ1n) is 2.53. The molecule has 0 bridgehead atoms. The largest absolute Gasteiger partial charge is 0.357 e. The summed E-state index contributed by atoms with van der Waals surface area (Å²) >= 11 is 0. The van der Waals surface area contributed by atoms with Crippen molar-refractivity contribution in [3.63, 3.8) is 0 Å². The first-order valence-corrected chi connectivity index (χ1v) is 2.53. The second-order valence-electron chi connectivity index (χ2n) is 1.65. The summed E-state index contributed by atoms with van der Waals surface area (Å²) in [5, 5.41) is 3.39. The molecule has 48 valence electrons. The summed E-state index contributed by atoms with van der Waals surface area (Å²) in [5.74, 6) is 0.154. The van der Waals surface area contributed by atoms with Gasteiger partial charge in [-0.15, -0.1) is 0 Å². The summed E-state index contributed by atoms with van der Waals surface area (Å²) in [4.78, 5) is 0. The van der Waals surface area contributed by atoms with Crippen LogP contribution in [0.3, 0.4) is 0 Å². The van der Waals surface area contributed by atoms with Crippen molar-refractivity contribution in [1.29, 1.82) is 0 Å². The zero-order chi connectivity index (χ0) is 6.69. The molecule has 0 atom stereocenters. The number of hydrogen-bond acceptors (Lipinski definition) is 2. The molecule has 9 heavy (non-hydrogen) atoms. The molecule has 0 aliphatic rings. The topological polar surface area (TPSA) is 26.0 Å². The van der Waals surface area contributed by atoms with Gasteiger partial charge in [0.15, 0.2) is 5.76 Å². The lowest BCUT2D eigenvalue weighted by atomic mass is 10.4. The number of aromatic nitrogens is 1. The highest BCUT2D eigenvalue weighted by Crippen LogP contribution is 2.04. The van der Waals surface area contributed by atoms with E-state index in [2.05, 4.69) is 9.68 Å².